The van der Waals surface area contributed by atoms with E-state index in [4.69, 9.17) is 4.74 Å². The summed E-state index contributed by atoms with van der Waals surface area (Å²) < 4.78 is 19.2. The summed E-state index contributed by atoms with van der Waals surface area (Å²) in [7, 11) is 3.57. The molecule has 1 saturated carbocycles. The fourth-order valence-electron chi connectivity index (χ4n) is 5.20. The van der Waals surface area contributed by atoms with Crippen LogP contribution in [0.3, 0.4) is 0 Å². The quantitative estimate of drug-likeness (QED) is 0.795. The van der Waals surface area contributed by atoms with Gasteiger partial charge >= 0.3 is 0 Å². The highest BCUT2D eigenvalue weighted by molar-refractivity contribution is 6.01. The van der Waals surface area contributed by atoms with E-state index in [1.54, 1.807) is 18.1 Å². The van der Waals surface area contributed by atoms with Crippen molar-refractivity contribution in [3.8, 4) is 5.75 Å². The number of halogens is 1. The molecule has 1 saturated heterocycles. The number of nitrogens with zero attached hydrogens (tertiary/aromatic N) is 1. The lowest BCUT2D eigenvalue weighted by Crippen LogP contribution is -2.35. The Hall–Kier alpha value is -2.44. The third kappa shape index (κ3) is 3.19. The van der Waals surface area contributed by atoms with Crippen LogP contribution >= 0.6 is 0 Å². The second-order valence-corrected chi connectivity index (χ2v) is 8.78. The van der Waals surface area contributed by atoms with Gasteiger partial charge in [-0.25, -0.2) is 4.39 Å². The third-order valence-corrected chi connectivity index (χ3v) is 6.97. The number of benzene rings is 2. The molecular formula is C24H28FN3O2. The van der Waals surface area contributed by atoms with Crippen LogP contribution in [0.4, 0.5) is 10.1 Å². The summed E-state index contributed by atoms with van der Waals surface area (Å²) >= 11 is 0. The molecule has 2 unspecified atom stereocenters. The van der Waals surface area contributed by atoms with Crippen molar-refractivity contribution in [3.63, 3.8) is 0 Å². The molecule has 2 heterocycles. The van der Waals surface area contributed by atoms with Crippen molar-refractivity contribution >= 4 is 11.6 Å². The number of hydrogen-bond acceptors (Lipinski definition) is 4. The highest BCUT2D eigenvalue weighted by atomic mass is 19.1. The molecule has 30 heavy (non-hydrogen) atoms. The van der Waals surface area contributed by atoms with Crippen LogP contribution in [0, 0.1) is 18.7 Å². The molecule has 1 amide bonds. The Morgan fingerprint density at radius 1 is 1.23 bits per heavy atom. The zero-order chi connectivity index (χ0) is 21.0. The van der Waals surface area contributed by atoms with Gasteiger partial charge in [0.1, 0.15) is 11.6 Å². The van der Waals surface area contributed by atoms with Gasteiger partial charge in [0.25, 0.3) is 0 Å². The average molecular weight is 410 g/mol. The standard InChI is InChI=1S/C24H28FN3O2/c1-13-8-15(25)4-5-16(13)23-20(6-7-26-23)27-12-14-9-21-18(11-22(14)30-3)17-10-19(17)24(29)28(21)2/h4-5,8-9,11,17,19-20,23,26-27H,6-7,10,12H2,1-3H3/t17?,19?,20-,23+/m1/s1. The lowest BCUT2D eigenvalue weighted by molar-refractivity contribution is -0.119. The number of methoxy groups -OCH3 is 1. The molecular weight excluding hydrogens is 381 g/mol. The van der Waals surface area contributed by atoms with Gasteiger partial charge in [0, 0.05) is 42.8 Å². The Labute approximate surface area is 176 Å². The Morgan fingerprint density at radius 2 is 2.07 bits per heavy atom. The maximum Gasteiger partial charge on any atom is 0.230 e. The van der Waals surface area contributed by atoms with Gasteiger partial charge in [-0.3, -0.25) is 4.79 Å². The van der Waals surface area contributed by atoms with E-state index in [-0.39, 0.29) is 29.7 Å². The molecule has 0 bridgehead atoms. The number of fused-ring (bicyclic) bond motifs is 3. The molecule has 1 aliphatic carbocycles. The highest BCUT2D eigenvalue weighted by Gasteiger charge is 2.50. The van der Waals surface area contributed by atoms with E-state index in [1.165, 1.54) is 11.6 Å². The van der Waals surface area contributed by atoms with Crippen LogP contribution in [0.15, 0.2) is 30.3 Å². The highest BCUT2D eigenvalue weighted by Crippen LogP contribution is 2.56. The van der Waals surface area contributed by atoms with Gasteiger partial charge in [-0.2, -0.15) is 0 Å². The first-order valence-electron chi connectivity index (χ1n) is 10.7. The zero-order valence-electron chi connectivity index (χ0n) is 17.7. The largest absolute Gasteiger partial charge is 0.496 e. The maximum absolute atomic E-state index is 13.5. The van der Waals surface area contributed by atoms with E-state index in [0.29, 0.717) is 12.5 Å². The summed E-state index contributed by atoms with van der Waals surface area (Å²) in [6.45, 7) is 3.52. The zero-order valence-corrected chi connectivity index (χ0v) is 17.7. The second-order valence-electron chi connectivity index (χ2n) is 8.78. The summed E-state index contributed by atoms with van der Waals surface area (Å²) in [6, 6.07) is 9.62. The molecule has 3 aliphatic rings. The van der Waals surface area contributed by atoms with Crippen molar-refractivity contribution in [2.45, 2.75) is 44.3 Å². The van der Waals surface area contributed by atoms with Gasteiger partial charge < -0.3 is 20.3 Å². The summed E-state index contributed by atoms with van der Waals surface area (Å²) in [6.07, 6.45) is 1.94. The number of rotatable bonds is 5. The van der Waals surface area contributed by atoms with Crippen LogP contribution < -0.4 is 20.3 Å². The first-order valence-corrected chi connectivity index (χ1v) is 10.7. The Balaban J connectivity index is 1.38. The molecule has 2 aliphatic heterocycles. The lowest BCUT2D eigenvalue weighted by Gasteiger charge is -2.28. The van der Waals surface area contributed by atoms with Crippen molar-refractivity contribution in [3.05, 3.63) is 58.4 Å². The third-order valence-electron chi connectivity index (χ3n) is 6.97. The van der Waals surface area contributed by atoms with Crippen LogP contribution in [-0.4, -0.2) is 32.7 Å². The van der Waals surface area contributed by atoms with E-state index < -0.39 is 0 Å². The molecule has 0 radical (unpaired) electrons. The predicted molar refractivity (Wildman–Crippen MR) is 114 cm³/mol. The topological polar surface area (TPSA) is 53.6 Å². The Kier molecular flexibility index (Phi) is 4.79. The number of aryl methyl sites for hydroxylation is 1. The van der Waals surface area contributed by atoms with Crippen molar-refractivity contribution < 1.29 is 13.9 Å². The number of carbonyl (C=O) groups excluding carboxylic acids is 1. The number of ether oxygens (including phenoxy) is 1. The van der Waals surface area contributed by atoms with Gasteiger partial charge in [-0.05, 0) is 73.2 Å². The summed E-state index contributed by atoms with van der Waals surface area (Å²) in [5.41, 5.74) is 5.38. The van der Waals surface area contributed by atoms with Crippen molar-refractivity contribution in [2.75, 3.05) is 25.6 Å². The first-order chi connectivity index (χ1) is 14.5. The Morgan fingerprint density at radius 3 is 2.83 bits per heavy atom. The number of anilines is 1. The van der Waals surface area contributed by atoms with E-state index in [2.05, 4.69) is 22.8 Å². The Bertz CT molecular complexity index is 1010. The van der Waals surface area contributed by atoms with Gasteiger partial charge in [0.05, 0.1) is 7.11 Å². The molecule has 0 spiro atoms. The first kappa shape index (κ1) is 19.5. The monoisotopic (exact) mass is 409 g/mol. The molecule has 5 nitrogen and oxygen atoms in total. The number of carbonyl (C=O) groups is 1. The second kappa shape index (κ2) is 7.36. The molecule has 5 rings (SSSR count). The molecule has 2 aromatic rings. The number of nitrogens with one attached hydrogen (secondary N) is 2. The molecule has 158 valence electrons. The fraction of sp³-hybridized carbons (Fsp3) is 0.458. The van der Waals surface area contributed by atoms with Crippen LogP contribution in [0.5, 0.6) is 5.75 Å². The van der Waals surface area contributed by atoms with Gasteiger partial charge in [0.2, 0.25) is 5.91 Å². The molecule has 4 atom stereocenters. The van der Waals surface area contributed by atoms with Crippen molar-refractivity contribution in [1.29, 1.82) is 0 Å². The van der Waals surface area contributed by atoms with E-state index in [9.17, 15) is 9.18 Å². The smallest absolute Gasteiger partial charge is 0.230 e. The summed E-state index contributed by atoms with van der Waals surface area (Å²) in [5.74, 6) is 1.40. The number of amides is 1. The van der Waals surface area contributed by atoms with E-state index >= 15 is 0 Å². The minimum Gasteiger partial charge on any atom is -0.496 e. The van der Waals surface area contributed by atoms with Crippen molar-refractivity contribution in [2.24, 2.45) is 5.92 Å². The SMILES string of the molecule is COc1cc2c(cc1CN[C@@H]1CCN[C@H]1c1ccc(F)cc1C)N(C)C(=O)C1CC21. The van der Waals surface area contributed by atoms with E-state index in [0.717, 1.165) is 47.5 Å². The lowest BCUT2D eigenvalue weighted by atomic mass is 9.95. The van der Waals surface area contributed by atoms with Gasteiger partial charge in [-0.1, -0.05) is 6.07 Å². The molecule has 2 N–H and O–H groups in total. The molecule has 0 aromatic heterocycles. The minimum atomic E-state index is -0.200. The fourth-order valence-corrected chi connectivity index (χ4v) is 5.20. The van der Waals surface area contributed by atoms with Crippen molar-refractivity contribution in [1.82, 2.24) is 10.6 Å². The maximum atomic E-state index is 13.5. The number of hydrogen-bond donors (Lipinski definition) is 2. The van der Waals surface area contributed by atoms with Crippen LogP contribution in [0.2, 0.25) is 0 Å². The predicted octanol–water partition coefficient (Wildman–Crippen LogP) is 3.42. The van der Waals surface area contributed by atoms with Crippen LogP contribution in [0.25, 0.3) is 0 Å². The minimum absolute atomic E-state index is 0.144. The summed E-state index contributed by atoms with van der Waals surface area (Å²) in [5, 5.41) is 7.23. The van der Waals surface area contributed by atoms with Crippen LogP contribution in [0.1, 0.15) is 47.1 Å². The van der Waals surface area contributed by atoms with Crippen LogP contribution in [-0.2, 0) is 11.3 Å². The van der Waals surface area contributed by atoms with Gasteiger partial charge in [-0.15, -0.1) is 0 Å². The molecule has 2 aromatic carbocycles. The molecule has 2 fully saturated rings. The van der Waals surface area contributed by atoms with Gasteiger partial charge in [0.15, 0.2) is 0 Å². The van der Waals surface area contributed by atoms with E-state index in [1.807, 2.05) is 20.0 Å². The normalized spacial score (nSPS) is 27.1. The average Bonchev–Trinajstić information content (AvgIpc) is 3.41. The summed E-state index contributed by atoms with van der Waals surface area (Å²) in [4.78, 5) is 14.3. The molecule has 6 heteroatoms.